The van der Waals surface area contributed by atoms with E-state index in [1.165, 1.54) is 12.1 Å². The van der Waals surface area contributed by atoms with Crippen molar-refractivity contribution < 1.29 is 13.9 Å². The molecule has 0 atom stereocenters. The first-order chi connectivity index (χ1) is 10.2. The van der Waals surface area contributed by atoms with E-state index >= 15 is 0 Å². The van der Waals surface area contributed by atoms with Crippen LogP contribution in [0.15, 0.2) is 48.5 Å². The molecular formula is C17H18FNO2. The molecule has 110 valence electrons. The molecule has 0 aliphatic rings. The van der Waals surface area contributed by atoms with Gasteiger partial charge in [-0.1, -0.05) is 24.3 Å². The lowest BCUT2D eigenvalue weighted by molar-refractivity contribution is -0.121. The Labute approximate surface area is 123 Å². The van der Waals surface area contributed by atoms with Crippen molar-refractivity contribution in [3.8, 4) is 5.75 Å². The summed E-state index contributed by atoms with van der Waals surface area (Å²) in [6.45, 7) is 0.492. The van der Waals surface area contributed by atoms with Crippen LogP contribution in [0.1, 0.15) is 17.5 Å². The quantitative estimate of drug-likeness (QED) is 0.886. The molecule has 2 rings (SSSR count). The number of amides is 1. The molecule has 21 heavy (non-hydrogen) atoms. The molecule has 0 bridgehead atoms. The van der Waals surface area contributed by atoms with Crippen molar-refractivity contribution in [3.05, 3.63) is 65.5 Å². The lowest BCUT2D eigenvalue weighted by Crippen LogP contribution is -2.22. The van der Waals surface area contributed by atoms with Gasteiger partial charge in [-0.2, -0.15) is 0 Å². The van der Waals surface area contributed by atoms with Crippen molar-refractivity contribution in [1.29, 1.82) is 0 Å². The molecule has 0 aromatic heterocycles. The summed E-state index contributed by atoms with van der Waals surface area (Å²) in [7, 11) is 1.62. The Kier molecular flexibility index (Phi) is 5.32. The van der Waals surface area contributed by atoms with Crippen molar-refractivity contribution in [2.24, 2.45) is 0 Å². The number of halogens is 1. The topological polar surface area (TPSA) is 38.3 Å². The lowest BCUT2D eigenvalue weighted by Gasteiger charge is -2.06. The number of hydrogen-bond donors (Lipinski definition) is 1. The van der Waals surface area contributed by atoms with Gasteiger partial charge in [0.2, 0.25) is 5.91 Å². The summed E-state index contributed by atoms with van der Waals surface area (Å²) in [5.74, 6) is 0.513. The van der Waals surface area contributed by atoms with Gasteiger partial charge in [0.15, 0.2) is 0 Å². The second-order valence-electron chi connectivity index (χ2n) is 4.75. The molecule has 0 saturated heterocycles. The van der Waals surface area contributed by atoms with Gasteiger partial charge in [-0.25, -0.2) is 4.39 Å². The largest absolute Gasteiger partial charge is 0.497 e. The van der Waals surface area contributed by atoms with Crippen molar-refractivity contribution in [3.63, 3.8) is 0 Å². The van der Waals surface area contributed by atoms with E-state index < -0.39 is 0 Å². The average molecular weight is 287 g/mol. The summed E-state index contributed by atoms with van der Waals surface area (Å²) in [5, 5.41) is 2.86. The minimum Gasteiger partial charge on any atom is -0.497 e. The fraction of sp³-hybridized carbons (Fsp3) is 0.235. The number of rotatable bonds is 6. The van der Waals surface area contributed by atoms with Gasteiger partial charge in [0.25, 0.3) is 0 Å². The van der Waals surface area contributed by atoms with Crippen LogP contribution in [0.3, 0.4) is 0 Å². The van der Waals surface area contributed by atoms with Gasteiger partial charge in [0.1, 0.15) is 11.6 Å². The molecule has 0 aliphatic carbocycles. The normalized spacial score (nSPS) is 10.2. The highest BCUT2D eigenvalue weighted by Crippen LogP contribution is 2.11. The molecule has 2 aromatic rings. The molecule has 0 heterocycles. The van der Waals surface area contributed by atoms with Crippen LogP contribution in [0.4, 0.5) is 4.39 Å². The molecule has 1 amide bonds. The summed E-state index contributed by atoms with van der Waals surface area (Å²) in [6.07, 6.45) is 0.997. The van der Waals surface area contributed by atoms with Crippen molar-refractivity contribution in [2.75, 3.05) is 7.11 Å². The average Bonchev–Trinajstić information content (AvgIpc) is 2.53. The van der Waals surface area contributed by atoms with E-state index in [1.54, 1.807) is 19.2 Å². The first kappa shape index (κ1) is 15.0. The Balaban J connectivity index is 1.75. The standard InChI is InChI=1S/C17H18FNO2/c1-21-16-9-4-14(5-10-16)12-19-17(20)11-6-13-2-7-15(18)8-3-13/h2-5,7-10H,6,11-12H2,1H3,(H,19,20). The summed E-state index contributed by atoms with van der Waals surface area (Å²) < 4.78 is 17.8. The Hall–Kier alpha value is -2.36. The van der Waals surface area contributed by atoms with Crippen LogP contribution in [0, 0.1) is 5.82 Å². The Morgan fingerprint density at radius 3 is 2.29 bits per heavy atom. The van der Waals surface area contributed by atoms with Crippen molar-refractivity contribution >= 4 is 5.91 Å². The van der Waals surface area contributed by atoms with Gasteiger partial charge >= 0.3 is 0 Å². The van der Waals surface area contributed by atoms with Crippen LogP contribution in [0.5, 0.6) is 5.75 Å². The first-order valence-corrected chi connectivity index (χ1v) is 6.81. The van der Waals surface area contributed by atoms with E-state index in [1.807, 2.05) is 24.3 Å². The summed E-state index contributed by atoms with van der Waals surface area (Å²) >= 11 is 0. The zero-order chi connectivity index (χ0) is 15.1. The number of carbonyl (C=O) groups excluding carboxylic acids is 1. The summed E-state index contributed by atoms with van der Waals surface area (Å²) in [6, 6.07) is 13.8. The fourth-order valence-corrected chi connectivity index (χ4v) is 1.94. The minimum atomic E-state index is -0.261. The highest BCUT2D eigenvalue weighted by molar-refractivity contribution is 5.76. The van der Waals surface area contributed by atoms with Gasteiger partial charge in [-0.3, -0.25) is 4.79 Å². The van der Waals surface area contributed by atoms with Crippen molar-refractivity contribution in [1.82, 2.24) is 5.32 Å². The van der Waals surface area contributed by atoms with E-state index in [9.17, 15) is 9.18 Å². The predicted octanol–water partition coefficient (Wildman–Crippen LogP) is 3.08. The van der Waals surface area contributed by atoms with Crippen LogP contribution in [-0.4, -0.2) is 13.0 Å². The smallest absolute Gasteiger partial charge is 0.220 e. The molecule has 0 aliphatic heterocycles. The molecule has 0 saturated carbocycles. The Bertz CT molecular complexity index is 579. The molecule has 2 aromatic carbocycles. The lowest BCUT2D eigenvalue weighted by atomic mass is 10.1. The fourth-order valence-electron chi connectivity index (χ4n) is 1.94. The van der Waals surface area contributed by atoms with Crippen LogP contribution in [0.25, 0.3) is 0 Å². The number of nitrogens with one attached hydrogen (secondary N) is 1. The van der Waals surface area contributed by atoms with Crippen LogP contribution in [-0.2, 0) is 17.8 Å². The molecule has 0 spiro atoms. The highest BCUT2D eigenvalue weighted by atomic mass is 19.1. The van der Waals surface area contributed by atoms with E-state index in [-0.39, 0.29) is 11.7 Å². The van der Waals surface area contributed by atoms with E-state index in [0.29, 0.717) is 19.4 Å². The molecule has 4 heteroatoms. The summed E-state index contributed by atoms with van der Waals surface area (Å²) in [5.41, 5.74) is 1.97. The zero-order valence-electron chi connectivity index (χ0n) is 11.9. The van der Waals surface area contributed by atoms with Gasteiger partial charge in [-0.15, -0.1) is 0 Å². The number of benzene rings is 2. The molecule has 0 fully saturated rings. The number of carbonyl (C=O) groups is 1. The molecule has 3 nitrogen and oxygen atoms in total. The SMILES string of the molecule is COc1ccc(CNC(=O)CCc2ccc(F)cc2)cc1. The third-order valence-electron chi connectivity index (χ3n) is 3.20. The van der Waals surface area contributed by atoms with Crippen LogP contribution in [0.2, 0.25) is 0 Å². The Morgan fingerprint density at radius 2 is 1.67 bits per heavy atom. The first-order valence-electron chi connectivity index (χ1n) is 6.81. The molecule has 0 radical (unpaired) electrons. The van der Waals surface area contributed by atoms with Gasteiger partial charge in [0, 0.05) is 13.0 Å². The second-order valence-corrected chi connectivity index (χ2v) is 4.75. The minimum absolute atomic E-state index is 0.0184. The Morgan fingerprint density at radius 1 is 1.05 bits per heavy atom. The van der Waals surface area contributed by atoms with Gasteiger partial charge < -0.3 is 10.1 Å². The number of hydrogen-bond acceptors (Lipinski definition) is 2. The number of ether oxygens (including phenoxy) is 1. The maximum absolute atomic E-state index is 12.8. The van der Waals surface area contributed by atoms with Gasteiger partial charge in [0.05, 0.1) is 7.11 Å². The summed E-state index contributed by atoms with van der Waals surface area (Å²) in [4.78, 5) is 11.8. The maximum Gasteiger partial charge on any atom is 0.220 e. The van der Waals surface area contributed by atoms with E-state index in [2.05, 4.69) is 5.32 Å². The van der Waals surface area contributed by atoms with E-state index in [4.69, 9.17) is 4.74 Å². The van der Waals surface area contributed by atoms with Crippen LogP contribution < -0.4 is 10.1 Å². The second kappa shape index (κ2) is 7.43. The third kappa shape index (κ3) is 4.91. The maximum atomic E-state index is 12.8. The molecule has 1 N–H and O–H groups in total. The molecule has 0 unspecified atom stereocenters. The number of methoxy groups -OCH3 is 1. The number of aryl methyl sites for hydroxylation is 1. The zero-order valence-corrected chi connectivity index (χ0v) is 11.9. The monoisotopic (exact) mass is 287 g/mol. The predicted molar refractivity (Wildman–Crippen MR) is 79.6 cm³/mol. The molecular weight excluding hydrogens is 269 g/mol. The van der Waals surface area contributed by atoms with Crippen LogP contribution >= 0.6 is 0 Å². The van der Waals surface area contributed by atoms with E-state index in [0.717, 1.165) is 16.9 Å². The van der Waals surface area contributed by atoms with Gasteiger partial charge in [-0.05, 0) is 41.8 Å². The third-order valence-corrected chi connectivity index (χ3v) is 3.20. The van der Waals surface area contributed by atoms with Crippen molar-refractivity contribution in [2.45, 2.75) is 19.4 Å². The highest BCUT2D eigenvalue weighted by Gasteiger charge is 2.03.